The highest BCUT2D eigenvalue weighted by atomic mass is 19.1. The first kappa shape index (κ1) is 15.8. The number of ether oxygens (including phenoxy) is 1. The van der Waals surface area contributed by atoms with Crippen molar-refractivity contribution in [3.05, 3.63) is 35.1 Å². The lowest BCUT2D eigenvalue weighted by atomic mass is 9.80. The molecule has 116 valence electrons. The normalized spacial score (nSPS) is 26.8. The highest BCUT2D eigenvalue weighted by Crippen LogP contribution is 2.31. The number of rotatable bonds is 4. The maximum atomic E-state index is 13.3. The molecule has 1 aliphatic carbocycles. The van der Waals surface area contributed by atoms with Gasteiger partial charge in [0.05, 0.1) is 12.7 Å². The summed E-state index contributed by atoms with van der Waals surface area (Å²) in [5, 5.41) is 11.7. The summed E-state index contributed by atoms with van der Waals surface area (Å²) in [6.45, 7) is 4.87. The molecule has 0 heterocycles. The fraction of sp³-hybridized carbons (Fsp3) is 0.562. The third kappa shape index (κ3) is 3.94. The number of nitrogens with zero attached hydrogens (tertiary/aromatic N) is 1. The Labute approximate surface area is 124 Å². The molecule has 1 fully saturated rings. The Morgan fingerprint density at radius 1 is 1.38 bits per heavy atom. The van der Waals surface area contributed by atoms with E-state index in [9.17, 15) is 4.39 Å². The smallest absolute Gasteiger partial charge is 0.170 e. The molecular formula is C16H23FN2O2. The minimum Gasteiger partial charge on any atom is -0.409 e. The topological polar surface area (TPSA) is 67.8 Å². The van der Waals surface area contributed by atoms with Crippen molar-refractivity contribution < 1.29 is 14.3 Å². The van der Waals surface area contributed by atoms with Crippen molar-refractivity contribution in [2.75, 3.05) is 0 Å². The summed E-state index contributed by atoms with van der Waals surface area (Å²) in [6, 6.07) is 4.25. The second kappa shape index (κ2) is 6.89. The third-order valence-electron chi connectivity index (χ3n) is 4.48. The lowest BCUT2D eigenvalue weighted by molar-refractivity contribution is -0.00752. The van der Waals surface area contributed by atoms with Gasteiger partial charge in [-0.3, -0.25) is 0 Å². The van der Waals surface area contributed by atoms with Crippen LogP contribution in [-0.4, -0.2) is 17.1 Å². The van der Waals surface area contributed by atoms with Gasteiger partial charge in [-0.1, -0.05) is 25.1 Å². The molecular weight excluding hydrogens is 271 g/mol. The van der Waals surface area contributed by atoms with Crippen molar-refractivity contribution >= 4 is 5.84 Å². The molecule has 0 saturated heterocycles. The summed E-state index contributed by atoms with van der Waals surface area (Å²) < 4.78 is 19.2. The number of hydrogen-bond donors (Lipinski definition) is 2. The van der Waals surface area contributed by atoms with Crippen LogP contribution in [0.2, 0.25) is 0 Å². The number of halogens is 1. The van der Waals surface area contributed by atoms with Crippen molar-refractivity contribution in [3.8, 4) is 0 Å². The van der Waals surface area contributed by atoms with Crippen LogP contribution in [0.5, 0.6) is 0 Å². The van der Waals surface area contributed by atoms with Gasteiger partial charge < -0.3 is 15.7 Å². The zero-order chi connectivity index (χ0) is 15.4. The van der Waals surface area contributed by atoms with Crippen LogP contribution in [-0.2, 0) is 11.3 Å². The highest BCUT2D eigenvalue weighted by molar-refractivity contribution is 5.98. The average molecular weight is 294 g/mol. The van der Waals surface area contributed by atoms with Gasteiger partial charge in [-0.05, 0) is 48.8 Å². The van der Waals surface area contributed by atoms with Gasteiger partial charge in [0.1, 0.15) is 5.82 Å². The maximum Gasteiger partial charge on any atom is 0.170 e. The first-order chi connectivity index (χ1) is 10.0. The number of nitrogens with two attached hydrogens (primary N) is 1. The quantitative estimate of drug-likeness (QED) is 0.387. The van der Waals surface area contributed by atoms with Gasteiger partial charge in [0.25, 0.3) is 0 Å². The summed E-state index contributed by atoms with van der Waals surface area (Å²) in [4.78, 5) is 0. The molecule has 0 aliphatic heterocycles. The van der Waals surface area contributed by atoms with E-state index >= 15 is 0 Å². The zero-order valence-electron chi connectivity index (χ0n) is 12.6. The van der Waals surface area contributed by atoms with Crippen LogP contribution >= 0.6 is 0 Å². The minimum atomic E-state index is -0.416. The van der Waals surface area contributed by atoms with Gasteiger partial charge in [-0.25, -0.2) is 4.39 Å². The van der Waals surface area contributed by atoms with E-state index in [0.29, 0.717) is 18.1 Å². The molecule has 1 aromatic carbocycles. The molecule has 0 spiro atoms. The first-order valence-corrected chi connectivity index (χ1v) is 7.39. The predicted octanol–water partition coefficient (Wildman–Crippen LogP) is 3.26. The SMILES string of the molecule is CC1CCC(OCc2ccc(F)cc2C(N)=NO)CC1C. The van der Waals surface area contributed by atoms with Crippen LogP contribution in [0.25, 0.3) is 0 Å². The molecule has 0 radical (unpaired) electrons. The largest absolute Gasteiger partial charge is 0.409 e. The Kier molecular flexibility index (Phi) is 5.17. The summed E-state index contributed by atoms with van der Waals surface area (Å²) in [5.41, 5.74) is 6.71. The van der Waals surface area contributed by atoms with E-state index in [2.05, 4.69) is 19.0 Å². The van der Waals surface area contributed by atoms with Crippen LogP contribution in [0, 0.1) is 17.7 Å². The van der Waals surface area contributed by atoms with Crippen LogP contribution in [0.15, 0.2) is 23.4 Å². The van der Waals surface area contributed by atoms with E-state index in [4.69, 9.17) is 15.7 Å². The molecule has 1 aliphatic rings. The number of oxime groups is 1. The molecule has 21 heavy (non-hydrogen) atoms. The second-order valence-corrected chi connectivity index (χ2v) is 5.99. The maximum absolute atomic E-state index is 13.3. The van der Waals surface area contributed by atoms with Gasteiger partial charge in [0.2, 0.25) is 0 Å². The van der Waals surface area contributed by atoms with Gasteiger partial charge in [0.15, 0.2) is 5.84 Å². The Bertz CT molecular complexity index is 519. The van der Waals surface area contributed by atoms with Gasteiger partial charge in [-0.15, -0.1) is 0 Å². The molecule has 1 aromatic rings. The van der Waals surface area contributed by atoms with Crippen LogP contribution in [0.4, 0.5) is 4.39 Å². The number of hydrogen-bond acceptors (Lipinski definition) is 3. The van der Waals surface area contributed by atoms with Gasteiger partial charge >= 0.3 is 0 Å². The summed E-state index contributed by atoms with van der Waals surface area (Å²) in [6.07, 6.45) is 3.48. The van der Waals surface area contributed by atoms with Gasteiger partial charge in [-0.2, -0.15) is 0 Å². The van der Waals surface area contributed by atoms with Crippen LogP contribution in [0.3, 0.4) is 0 Å². The monoisotopic (exact) mass is 294 g/mol. The molecule has 3 unspecified atom stereocenters. The van der Waals surface area contributed by atoms with Gasteiger partial charge in [0, 0.05) is 5.56 Å². The van der Waals surface area contributed by atoms with E-state index < -0.39 is 5.82 Å². The molecule has 3 N–H and O–H groups in total. The number of benzene rings is 1. The summed E-state index contributed by atoms with van der Waals surface area (Å²) >= 11 is 0. The molecule has 0 bridgehead atoms. The van der Waals surface area contributed by atoms with E-state index in [1.54, 1.807) is 6.07 Å². The molecule has 0 amide bonds. The lowest BCUT2D eigenvalue weighted by Gasteiger charge is -2.32. The Balaban J connectivity index is 2.03. The van der Waals surface area contributed by atoms with E-state index in [1.807, 2.05) is 0 Å². The lowest BCUT2D eigenvalue weighted by Crippen LogP contribution is -2.27. The Morgan fingerprint density at radius 2 is 2.14 bits per heavy atom. The zero-order valence-corrected chi connectivity index (χ0v) is 12.6. The fourth-order valence-electron chi connectivity index (χ4n) is 2.82. The van der Waals surface area contributed by atoms with Crippen molar-refractivity contribution in [3.63, 3.8) is 0 Å². The highest BCUT2D eigenvalue weighted by Gasteiger charge is 2.25. The van der Waals surface area contributed by atoms with Crippen LogP contribution in [0.1, 0.15) is 44.2 Å². The third-order valence-corrected chi connectivity index (χ3v) is 4.48. The Hall–Kier alpha value is -1.62. The molecule has 1 saturated carbocycles. The van der Waals surface area contributed by atoms with Crippen LogP contribution < -0.4 is 5.73 Å². The Morgan fingerprint density at radius 3 is 2.81 bits per heavy atom. The second-order valence-electron chi connectivity index (χ2n) is 5.99. The molecule has 2 rings (SSSR count). The molecule has 5 heteroatoms. The first-order valence-electron chi connectivity index (χ1n) is 7.39. The number of amidine groups is 1. The van der Waals surface area contributed by atoms with Crippen molar-refractivity contribution in [1.82, 2.24) is 0 Å². The van der Waals surface area contributed by atoms with E-state index in [-0.39, 0.29) is 11.9 Å². The van der Waals surface area contributed by atoms with Crippen molar-refractivity contribution in [1.29, 1.82) is 0 Å². The van der Waals surface area contributed by atoms with E-state index in [0.717, 1.165) is 24.3 Å². The predicted molar refractivity (Wildman–Crippen MR) is 79.7 cm³/mol. The van der Waals surface area contributed by atoms with Crippen molar-refractivity contribution in [2.24, 2.45) is 22.7 Å². The molecule has 0 aromatic heterocycles. The standard InChI is InChI=1S/C16H23FN2O2/c1-10-3-6-14(7-11(10)2)21-9-12-4-5-13(17)8-15(12)16(18)19-20/h4-5,8,10-11,14,20H,3,6-7,9H2,1-2H3,(H2,18,19). The summed E-state index contributed by atoms with van der Waals surface area (Å²) in [5.74, 6) is 0.878. The minimum absolute atomic E-state index is 0.0984. The van der Waals surface area contributed by atoms with Crippen molar-refractivity contribution in [2.45, 2.75) is 45.8 Å². The fourth-order valence-corrected chi connectivity index (χ4v) is 2.82. The average Bonchev–Trinajstić information content (AvgIpc) is 2.48. The molecule has 4 nitrogen and oxygen atoms in total. The summed E-state index contributed by atoms with van der Waals surface area (Å²) in [7, 11) is 0. The van der Waals surface area contributed by atoms with E-state index in [1.165, 1.54) is 18.6 Å². The molecule has 3 atom stereocenters.